The summed E-state index contributed by atoms with van der Waals surface area (Å²) < 4.78 is 18.3. The number of hydrogen-bond acceptors (Lipinski definition) is 4. The van der Waals surface area contributed by atoms with Crippen LogP contribution >= 0.6 is 11.6 Å². The molecule has 27 heavy (non-hydrogen) atoms. The van der Waals surface area contributed by atoms with Crippen molar-refractivity contribution in [1.82, 2.24) is 4.98 Å². The lowest BCUT2D eigenvalue weighted by Gasteiger charge is -2.09. The average molecular weight is 386 g/mol. The Labute approximate surface area is 161 Å². The van der Waals surface area contributed by atoms with Crippen LogP contribution in [0, 0.1) is 5.82 Å². The Morgan fingerprint density at radius 3 is 2.48 bits per heavy atom. The van der Waals surface area contributed by atoms with Crippen molar-refractivity contribution in [1.29, 1.82) is 0 Å². The van der Waals surface area contributed by atoms with Gasteiger partial charge in [0.05, 0.1) is 30.4 Å². The standard InChI is InChI=1S/C20H17ClFN3O2/c1-27-16-6-2-13(3-7-16)10-20(26)25-19-9-5-15(12-23-19)24-14-4-8-18(22)17(21)11-14/h2-9,11-12,24H,10H2,1H3,(H,23,25,26). The first-order valence-electron chi connectivity index (χ1n) is 8.14. The Morgan fingerprint density at radius 2 is 1.85 bits per heavy atom. The van der Waals surface area contributed by atoms with Gasteiger partial charge in [0.15, 0.2) is 0 Å². The first-order chi connectivity index (χ1) is 13.0. The van der Waals surface area contributed by atoms with Crippen LogP contribution in [0.4, 0.5) is 21.6 Å². The maximum Gasteiger partial charge on any atom is 0.229 e. The van der Waals surface area contributed by atoms with E-state index in [9.17, 15) is 9.18 Å². The predicted octanol–water partition coefficient (Wildman–Crippen LogP) is 4.81. The molecule has 3 rings (SSSR count). The summed E-state index contributed by atoms with van der Waals surface area (Å²) in [7, 11) is 1.59. The minimum Gasteiger partial charge on any atom is -0.497 e. The van der Waals surface area contributed by atoms with Gasteiger partial charge in [-0.1, -0.05) is 23.7 Å². The minimum absolute atomic E-state index is 0.0374. The van der Waals surface area contributed by atoms with Crippen LogP contribution in [0.3, 0.4) is 0 Å². The molecule has 2 N–H and O–H groups in total. The van der Waals surface area contributed by atoms with Crippen molar-refractivity contribution in [3.8, 4) is 5.75 Å². The van der Waals surface area contributed by atoms with Crippen molar-refractivity contribution in [3.63, 3.8) is 0 Å². The fourth-order valence-corrected chi connectivity index (χ4v) is 2.58. The van der Waals surface area contributed by atoms with Crippen molar-refractivity contribution in [3.05, 3.63) is 77.2 Å². The van der Waals surface area contributed by atoms with E-state index in [2.05, 4.69) is 15.6 Å². The zero-order valence-electron chi connectivity index (χ0n) is 14.5. The number of halogens is 2. The molecule has 1 heterocycles. The lowest BCUT2D eigenvalue weighted by molar-refractivity contribution is -0.115. The third-order valence-electron chi connectivity index (χ3n) is 3.76. The number of ether oxygens (including phenoxy) is 1. The molecule has 0 saturated heterocycles. The van der Waals surface area contributed by atoms with E-state index in [0.717, 1.165) is 11.3 Å². The van der Waals surface area contributed by atoms with Gasteiger partial charge >= 0.3 is 0 Å². The molecule has 0 aliphatic rings. The molecule has 0 radical (unpaired) electrons. The Bertz CT molecular complexity index is 931. The van der Waals surface area contributed by atoms with E-state index in [4.69, 9.17) is 16.3 Å². The number of rotatable bonds is 6. The molecule has 0 saturated carbocycles. The third-order valence-corrected chi connectivity index (χ3v) is 4.05. The highest BCUT2D eigenvalue weighted by molar-refractivity contribution is 6.31. The van der Waals surface area contributed by atoms with Crippen LogP contribution < -0.4 is 15.4 Å². The van der Waals surface area contributed by atoms with E-state index in [1.54, 1.807) is 31.5 Å². The lowest BCUT2D eigenvalue weighted by Crippen LogP contribution is -2.15. The maximum absolute atomic E-state index is 13.2. The minimum atomic E-state index is -0.477. The molecular formula is C20H17ClFN3O2. The van der Waals surface area contributed by atoms with Gasteiger partial charge in [-0.25, -0.2) is 9.37 Å². The number of anilines is 3. The molecule has 5 nitrogen and oxygen atoms in total. The number of pyridine rings is 1. The molecule has 0 aliphatic heterocycles. The number of nitrogens with zero attached hydrogens (tertiary/aromatic N) is 1. The zero-order valence-corrected chi connectivity index (χ0v) is 15.3. The number of benzene rings is 2. The van der Waals surface area contributed by atoms with Gasteiger partial charge in [0.2, 0.25) is 5.91 Å². The highest BCUT2D eigenvalue weighted by Gasteiger charge is 2.06. The average Bonchev–Trinajstić information content (AvgIpc) is 2.67. The van der Waals surface area contributed by atoms with Crippen LogP contribution in [0.5, 0.6) is 5.75 Å². The molecule has 138 valence electrons. The summed E-state index contributed by atoms with van der Waals surface area (Å²) >= 11 is 5.76. The molecule has 0 fully saturated rings. The summed E-state index contributed by atoms with van der Waals surface area (Å²) in [6.07, 6.45) is 1.81. The molecule has 2 aromatic carbocycles. The number of nitrogens with one attached hydrogen (secondary N) is 2. The lowest BCUT2D eigenvalue weighted by atomic mass is 10.1. The second-order valence-corrected chi connectivity index (χ2v) is 6.17. The molecule has 1 amide bonds. The summed E-state index contributed by atoms with van der Waals surface area (Å²) in [5.41, 5.74) is 2.20. The summed E-state index contributed by atoms with van der Waals surface area (Å²) in [5.74, 6) is 0.538. The number of carbonyl (C=O) groups excluding carboxylic acids is 1. The maximum atomic E-state index is 13.2. The summed E-state index contributed by atoms with van der Waals surface area (Å²) in [5, 5.41) is 5.85. The molecule has 1 aromatic heterocycles. The topological polar surface area (TPSA) is 63.2 Å². The molecule has 3 aromatic rings. The first kappa shape index (κ1) is 18.7. The van der Waals surface area contributed by atoms with Crippen LogP contribution in [0.25, 0.3) is 0 Å². The van der Waals surface area contributed by atoms with Gasteiger partial charge in [-0.05, 0) is 48.0 Å². The Morgan fingerprint density at radius 1 is 1.11 bits per heavy atom. The number of amides is 1. The third kappa shape index (κ3) is 5.18. The number of aromatic nitrogens is 1. The largest absolute Gasteiger partial charge is 0.497 e. The molecule has 7 heteroatoms. The molecular weight excluding hydrogens is 369 g/mol. The van der Waals surface area contributed by atoms with E-state index < -0.39 is 5.82 Å². The fourth-order valence-electron chi connectivity index (χ4n) is 2.40. The SMILES string of the molecule is COc1ccc(CC(=O)Nc2ccc(Nc3ccc(F)c(Cl)c3)cn2)cc1. The smallest absolute Gasteiger partial charge is 0.229 e. The van der Waals surface area contributed by atoms with Gasteiger partial charge in [0.1, 0.15) is 17.4 Å². The van der Waals surface area contributed by atoms with Crippen molar-refractivity contribution in [2.75, 3.05) is 17.7 Å². The van der Waals surface area contributed by atoms with Crippen molar-refractivity contribution >= 4 is 34.7 Å². The van der Waals surface area contributed by atoms with Crippen molar-refractivity contribution in [2.24, 2.45) is 0 Å². The summed E-state index contributed by atoms with van der Waals surface area (Å²) in [6, 6.07) is 15.1. The second kappa shape index (κ2) is 8.51. The predicted molar refractivity (Wildman–Crippen MR) is 104 cm³/mol. The highest BCUT2D eigenvalue weighted by Crippen LogP contribution is 2.23. The van der Waals surface area contributed by atoms with Gasteiger partial charge in [-0.15, -0.1) is 0 Å². The number of hydrogen-bond donors (Lipinski definition) is 2. The van der Waals surface area contributed by atoms with Crippen LogP contribution in [0.1, 0.15) is 5.56 Å². The monoisotopic (exact) mass is 385 g/mol. The van der Waals surface area contributed by atoms with Crippen molar-refractivity contribution in [2.45, 2.75) is 6.42 Å². The van der Waals surface area contributed by atoms with Crippen LogP contribution in [-0.2, 0) is 11.2 Å². The van der Waals surface area contributed by atoms with Gasteiger partial charge in [0, 0.05) is 5.69 Å². The zero-order chi connectivity index (χ0) is 19.2. The first-order valence-corrected chi connectivity index (χ1v) is 8.52. The highest BCUT2D eigenvalue weighted by atomic mass is 35.5. The van der Waals surface area contributed by atoms with Gasteiger partial charge in [-0.2, -0.15) is 0 Å². The number of carbonyl (C=O) groups is 1. The van der Waals surface area contributed by atoms with E-state index in [0.29, 0.717) is 17.2 Å². The van der Waals surface area contributed by atoms with Crippen LogP contribution in [-0.4, -0.2) is 18.0 Å². The fraction of sp³-hybridized carbons (Fsp3) is 0.100. The summed E-state index contributed by atoms with van der Waals surface area (Å²) in [6.45, 7) is 0. The van der Waals surface area contributed by atoms with Crippen LogP contribution in [0.15, 0.2) is 60.8 Å². The molecule has 0 unspecified atom stereocenters. The van der Waals surface area contributed by atoms with Gasteiger partial charge in [0.25, 0.3) is 0 Å². The van der Waals surface area contributed by atoms with E-state index in [1.807, 2.05) is 24.3 Å². The van der Waals surface area contributed by atoms with Crippen LogP contribution in [0.2, 0.25) is 5.02 Å². The molecule has 0 spiro atoms. The normalized spacial score (nSPS) is 10.3. The Kier molecular flexibility index (Phi) is 5.88. The quantitative estimate of drug-likeness (QED) is 0.639. The molecule has 0 atom stereocenters. The Hall–Kier alpha value is -3.12. The molecule has 0 bridgehead atoms. The van der Waals surface area contributed by atoms with Gasteiger partial charge in [-0.3, -0.25) is 4.79 Å². The second-order valence-electron chi connectivity index (χ2n) is 5.76. The van der Waals surface area contributed by atoms with Crippen molar-refractivity contribution < 1.29 is 13.9 Å². The van der Waals surface area contributed by atoms with Gasteiger partial charge < -0.3 is 15.4 Å². The Balaban J connectivity index is 1.57. The van der Waals surface area contributed by atoms with E-state index in [-0.39, 0.29) is 17.4 Å². The van der Waals surface area contributed by atoms with E-state index in [1.165, 1.54) is 12.1 Å². The number of methoxy groups -OCH3 is 1. The molecule has 0 aliphatic carbocycles. The summed E-state index contributed by atoms with van der Waals surface area (Å²) in [4.78, 5) is 16.3. The van der Waals surface area contributed by atoms with E-state index >= 15 is 0 Å².